The number of fused-ring (bicyclic) bond motifs is 2. The van der Waals surface area contributed by atoms with Gasteiger partial charge in [0, 0.05) is 30.7 Å². The van der Waals surface area contributed by atoms with Crippen LogP contribution >= 0.6 is 0 Å². The number of nitrogens with one attached hydrogen (secondary N) is 1. The lowest BCUT2D eigenvalue weighted by atomic mass is 9.74. The standard InChI is InChI=1S/C16H17FN4/c17-12-9-18-15(19-10-12)21-7-5-16(6-8-21)11-20-14-4-2-1-3-13(14)16/h1-4,9-10,20H,5-8,11H2. The number of nitrogens with zero attached hydrogens (tertiary/aromatic N) is 3. The largest absolute Gasteiger partial charge is 0.384 e. The Hall–Kier alpha value is -2.17. The maximum atomic E-state index is 12.9. The minimum Gasteiger partial charge on any atom is -0.384 e. The molecular formula is C16H17FN4. The second-order valence-corrected chi connectivity index (χ2v) is 5.87. The number of rotatable bonds is 1. The first-order chi connectivity index (χ1) is 10.3. The Bertz CT molecular complexity index is 648. The molecule has 5 heteroatoms. The van der Waals surface area contributed by atoms with Gasteiger partial charge in [0.05, 0.1) is 12.4 Å². The quantitative estimate of drug-likeness (QED) is 0.874. The molecule has 4 nitrogen and oxygen atoms in total. The Kier molecular flexibility index (Phi) is 2.80. The van der Waals surface area contributed by atoms with Gasteiger partial charge in [-0.3, -0.25) is 0 Å². The maximum Gasteiger partial charge on any atom is 0.225 e. The molecule has 1 fully saturated rings. The third kappa shape index (κ3) is 2.04. The van der Waals surface area contributed by atoms with Crippen LogP contribution in [0.4, 0.5) is 16.0 Å². The first-order valence-corrected chi connectivity index (χ1v) is 7.33. The molecule has 0 bridgehead atoms. The summed E-state index contributed by atoms with van der Waals surface area (Å²) < 4.78 is 12.9. The summed E-state index contributed by atoms with van der Waals surface area (Å²) >= 11 is 0. The molecule has 2 aliphatic heterocycles. The van der Waals surface area contributed by atoms with Crippen molar-refractivity contribution in [3.8, 4) is 0 Å². The van der Waals surface area contributed by atoms with E-state index in [9.17, 15) is 4.39 Å². The normalized spacial score (nSPS) is 19.4. The van der Waals surface area contributed by atoms with Crippen LogP contribution in [-0.4, -0.2) is 29.6 Å². The monoisotopic (exact) mass is 284 g/mol. The van der Waals surface area contributed by atoms with E-state index in [0.717, 1.165) is 32.5 Å². The number of hydrogen-bond donors (Lipinski definition) is 1. The molecule has 0 amide bonds. The predicted molar refractivity (Wildman–Crippen MR) is 80.0 cm³/mol. The lowest BCUT2D eigenvalue weighted by molar-refractivity contribution is 0.359. The van der Waals surface area contributed by atoms with Gasteiger partial charge in [-0.2, -0.15) is 0 Å². The number of hydrogen-bond acceptors (Lipinski definition) is 4. The molecule has 1 saturated heterocycles. The van der Waals surface area contributed by atoms with Gasteiger partial charge >= 0.3 is 0 Å². The van der Waals surface area contributed by atoms with E-state index >= 15 is 0 Å². The van der Waals surface area contributed by atoms with Crippen molar-refractivity contribution in [2.75, 3.05) is 29.9 Å². The molecule has 3 heterocycles. The minimum absolute atomic E-state index is 0.229. The minimum atomic E-state index is -0.388. The number of halogens is 1. The van der Waals surface area contributed by atoms with Crippen molar-refractivity contribution in [1.29, 1.82) is 0 Å². The smallest absolute Gasteiger partial charge is 0.225 e. The fraction of sp³-hybridized carbons (Fsp3) is 0.375. The molecule has 0 aliphatic carbocycles. The molecule has 1 spiro atoms. The van der Waals surface area contributed by atoms with E-state index in [1.54, 1.807) is 0 Å². The highest BCUT2D eigenvalue weighted by atomic mass is 19.1. The van der Waals surface area contributed by atoms with Crippen molar-refractivity contribution in [3.05, 3.63) is 48.0 Å². The second-order valence-electron chi connectivity index (χ2n) is 5.87. The fourth-order valence-corrected chi connectivity index (χ4v) is 3.51. The Morgan fingerprint density at radius 3 is 2.57 bits per heavy atom. The molecule has 2 aliphatic rings. The molecular weight excluding hydrogens is 267 g/mol. The summed E-state index contributed by atoms with van der Waals surface area (Å²) in [5, 5.41) is 3.52. The van der Waals surface area contributed by atoms with Gasteiger partial charge in [0.15, 0.2) is 5.82 Å². The van der Waals surface area contributed by atoms with E-state index in [2.05, 4.69) is 44.5 Å². The van der Waals surface area contributed by atoms with Crippen LogP contribution in [0.15, 0.2) is 36.7 Å². The topological polar surface area (TPSA) is 41.1 Å². The molecule has 0 radical (unpaired) electrons. The molecule has 108 valence electrons. The number of piperidine rings is 1. The lowest BCUT2D eigenvalue weighted by Gasteiger charge is -2.39. The predicted octanol–water partition coefficient (Wildman–Crippen LogP) is 2.58. The lowest BCUT2D eigenvalue weighted by Crippen LogP contribution is -2.44. The van der Waals surface area contributed by atoms with Crippen molar-refractivity contribution in [1.82, 2.24) is 9.97 Å². The van der Waals surface area contributed by atoms with Crippen molar-refractivity contribution in [3.63, 3.8) is 0 Å². The zero-order valence-electron chi connectivity index (χ0n) is 11.7. The number of anilines is 2. The SMILES string of the molecule is Fc1cnc(N2CCC3(CC2)CNc2ccccc23)nc1. The maximum absolute atomic E-state index is 12.9. The van der Waals surface area contributed by atoms with Gasteiger partial charge in [0.2, 0.25) is 5.95 Å². The summed E-state index contributed by atoms with van der Waals surface area (Å²) in [6, 6.07) is 8.58. The Labute approximate surface area is 123 Å². The third-order valence-corrected chi connectivity index (χ3v) is 4.73. The van der Waals surface area contributed by atoms with Crippen LogP contribution < -0.4 is 10.2 Å². The van der Waals surface area contributed by atoms with Crippen LogP contribution in [0.1, 0.15) is 18.4 Å². The summed E-state index contributed by atoms with van der Waals surface area (Å²) in [6.45, 7) is 2.81. The Balaban J connectivity index is 1.54. The third-order valence-electron chi connectivity index (χ3n) is 4.73. The molecule has 0 unspecified atom stereocenters. The summed E-state index contributed by atoms with van der Waals surface area (Å²) in [5.74, 6) is 0.242. The van der Waals surface area contributed by atoms with Gasteiger partial charge < -0.3 is 10.2 Å². The van der Waals surface area contributed by atoms with Gasteiger partial charge in [-0.15, -0.1) is 0 Å². The average Bonchev–Trinajstić information content (AvgIpc) is 2.88. The number of aromatic nitrogens is 2. The van der Waals surface area contributed by atoms with E-state index in [-0.39, 0.29) is 11.2 Å². The van der Waals surface area contributed by atoms with Gasteiger partial charge in [-0.1, -0.05) is 18.2 Å². The molecule has 4 rings (SSSR count). The van der Waals surface area contributed by atoms with Crippen LogP contribution in [0.2, 0.25) is 0 Å². The molecule has 1 aromatic heterocycles. The highest BCUT2D eigenvalue weighted by Gasteiger charge is 2.41. The zero-order chi connectivity index (χ0) is 14.3. The van der Waals surface area contributed by atoms with Gasteiger partial charge in [0.1, 0.15) is 0 Å². The van der Waals surface area contributed by atoms with Crippen LogP contribution in [0.5, 0.6) is 0 Å². The molecule has 0 saturated carbocycles. The molecule has 2 aromatic rings. The Morgan fingerprint density at radius 1 is 1.10 bits per heavy atom. The van der Waals surface area contributed by atoms with E-state index in [1.807, 2.05) is 0 Å². The highest BCUT2D eigenvalue weighted by Crippen LogP contribution is 2.44. The highest BCUT2D eigenvalue weighted by molar-refractivity contribution is 5.60. The van der Waals surface area contributed by atoms with Crippen LogP contribution in [0.3, 0.4) is 0 Å². The molecule has 1 aromatic carbocycles. The molecule has 1 N–H and O–H groups in total. The van der Waals surface area contributed by atoms with Gasteiger partial charge in [0.25, 0.3) is 0 Å². The average molecular weight is 284 g/mol. The summed E-state index contributed by atoms with van der Waals surface area (Å²) in [4.78, 5) is 10.3. The fourth-order valence-electron chi connectivity index (χ4n) is 3.51. The van der Waals surface area contributed by atoms with Crippen molar-refractivity contribution in [2.45, 2.75) is 18.3 Å². The van der Waals surface area contributed by atoms with Crippen molar-refractivity contribution >= 4 is 11.6 Å². The van der Waals surface area contributed by atoms with Crippen LogP contribution in [-0.2, 0) is 5.41 Å². The van der Waals surface area contributed by atoms with Crippen LogP contribution in [0.25, 0.3) is 0 Å². The van der Waals surface area contributed by atoms with E-state index < -0.39 is 0 Å². The number of benzene rings is 1. The zero-order valence-corrected chi connectivity index (χ0v) is 11.7. The first-order valence-electron chi connectivity index (χ1n) is 7.33. The second kappa shape index (κ2) is 4.69. The first kappa shape index (κ1) is 12.6. The van der Waals surface area contributed by atoms with Crippen molar-refractivity contribution < 1.29 is 4.39 Å². The molecule has 0 atom stereocenters. The Morgan fingerprint density at radius 2 is 1.81 bits per heavy atom. The van der Waals surface area contributed by atoms with E-state index in [4.69, 9.17) is 0 Å². The van der Waals surface area contributed by atoms with Crippen molar-refractivity contribution in [2.24, 2.45) is 0 Å². The van der Waals surface area contributed by atoms with Gasteiger partial charge in [-0.05, 0) is 24.5 Å². The summed E-state index contributed by atoms with van der Waals surface area (Å²) in [7, 11) is 0. The van der Waals surface area contributed by atoms with E-state index in [0.29, 0.717) is 5.95 Å². The summed E-state index contributed by atoms with van der Waals surface area (Å²) in [5.41, 5.74) is 2.93. The van der Waals surface area contributed by atoms with Crippen LogP contribution in [0, 0.1) is 5.82 Å². The van der Waals surface area contributed by atoms with E-state index in [1.165, 1.54) is 23.6 Å². The summed E-state index contributed by atoms with van der Waals surface area (Å²) in [6.07, 6.45) is 4.60. The van der Waals surface area contributed by atoms with Gasteiger partial charge in [-0.25, -0.2) is 14.4 Å². The molecule has 21 heavy (non-hydrogen) atoms. The number of para-hydroxylation sites is 1.